The Morgan fingerprint density at radius 1 is 1.27 bits per heavy atom. The fourth-order valence-corrected chi connectivity index (χ4v) is 4.13. The van der Waals surface area contributed by atoms with E-state index >= 15 is 0 Å². The van der Waals surface area contributed by atoms with E-state index in [0.29, 0.717) is 6.54 Å². The summed E-state index contributed by atoms with van der Waals surface area (Å²) in [4.78, 5) is 11.9. The first-order chi connectivity index (χ1) is 10.3. The number of hydrogen-bond acceptors (Lipinski definition) is 2. The minimum Gasteiger partial charge on any atom is -0.295 e. The van der Waals surface area contributed by atoms with Gasteiger partial charge in [-0.2, -0.15) is 0 Å². The van der Waals surface area contributed by atoms with E-state index < -0.39 is 11.0 Å². The molecule has 0 bridgehead atoms. The van der Waals surface area contributed by atoms with E-state index in [0.717, 1.165) is 18.4 Å². The molecule has 0 saturated heterocycles. The zero-order chi connectivity index (χ0) is 16.3. The molecule has 0 amide bonds. The Labute approximate surface area is 136 Å². The second-order valence-corrected chi connectivity index (χ2v) is 8.91. The Morgan fingerprint density at radius 2 is 1.91 bits per heavy atom. The van der Waals surface area contributed by atoms with Gasteiger partial charge in [0.1, 0.15) is 11.0 Å². The number of carbonyl (C=O) groups is 1. The predicted molar refractivity (Wildman–Crippen MR) is 91.9 cm³/mol. The largest absolute Gasteiger partial charge is 0.295 e. The van der Waals surface area contributed by atoms with E-state index in [1.165, 1.54) is 5.56 Å². The highest BCUT2D eigenvalue weighted by atomic mass is 32.2. The number of benzene rings is 1. The first kappa shape index (κ1) is 17.1. The molecule has 2 rings (SSSR count). The molecule has 3 nitrogen and oxygen atoms in total. The van der Waals surface area contributed by atoms with Crippen LogP contribution in [0, 0.1) is 0 Å². The maximum atomic E-state index is 12.7. The minimum absolute atomic E-state index is 0.0437. The van der Waals surface area contributed by atoms with Crippen molar-refractivity contribution >= 4 is 16.8 Å². The molecule has 1 aliphatic rings. The smallest absolute Gasteiger partial charge is 0.157 e. The number of aryl methyl sites for hydroxylation is 1. The van der Waals surface area contributed by atoms with Crippen molar-refractivity contribution in [2.24, 2.45) is 0 Å². The molecule has 0 aliphatic carbocycles. The summed E-state index contributed by atoms with van der Waals surface area (Å²) in [7, 11) is -1.11. The van der Waals surface area contributed by atoms with Crippen LogP contribution in [0.2, 0.25) is 0 Å². The molecule has 1 aliphatic heterocycles. The molecule has 0 unspecified atom stereocenters. The number of ketones is 1. The molecule has 1 heterocycles. The molecule has 0 fully saturated rings. The average Bonchev–Trinajstić information content (AvgIpc) is 2.88. The Balaban J connectivity index is 2.15. The standard InChI is InChI=1S/C18H25NO2S/c1-14(20)16-12-13-19(22(21)18(2,3)4)17(16)11-10-15-8-6-5-7-9-15/h5-9,12,17H,10-11,13H2,1-4H3/t17-,22-/m0/s1. The second-order valence-electron chi connectivity index (χ2n) is 6.72. The van der Waals surface area contributed by atoms with Gasteiger partial charge >= 0.3 is 0 Å². The third kappa shape index (κ3) is 3.93. The van der Waals surface area contributed by atoms with Crippen LogP contribution in [0.15, 0.2) is 42.0 Å². The number of Topliss-reactive ketones (excluding diaryl/α,β-unsaturated/α-hetero) is 1. The van der Waals surface area contributed by atoms with Crippen LogP contribution in [0.25, 0.3) is 0 Å². The molecule has 120 valence electrons. The van der Waals surface area contributed by atoms with Crippen molar-refractivity contribution in [3.05, 3.63) is 47.5 Å². The van der Waals surface area contributed by atoms with Gasteiger partial charge in [-0.05, 0) is 46.1 Å². The molecule has 0 aromatic heterocycles. The Kier molecular flexibility index (Phi) is 5.35. The molecule has 2 atom stereocenters. The molecule has 4 heteroatoms. The quantitative estimate of drug-likeness (QED) is 0.835. The predicted octanol–water partition coefficient (Wildman–Crippen LogP) is 3.28. The highest BCUT2D eigenvalue weighted by Crippen LogP contribution is 2.29. The fraction of sp³-hybridized carbons (Fsp3) is 0.500. The van der Waals surface area contributed by atoms with E-state index in [-0.39, 0.29) is 16.6 Å². The summed E-state index contributed by atoms with van der Waals surface area (Å²) in [5.74, 6) is 0.0893. The van der Waals surface area contributed by atoms with Gasteiger partial charge in [-0.15, -0.1) is 0 Å². The summed E-state index contributed by atoms with van der Waals surface area (Å²) >= 11 is 0. The minimum atomic E-state index is -1.11. The van der Waals surface area contributed by atoms with Gasteiger partial charge in [0.2, 0.25) is 0 Å². The van der Waals surface area contributed by atoms with Gasteiger partial charge in [-0.25, -0.2) is 8.51 Å². The van der Waals surface area contributed by atoms with Crippen LogP contribution in [0.3, 0.4) is 0 Å². The van der Waals surface area contributed by atoms with E-state index in [9.17, 15) is 9.00 Å². The SMILES string of the molecule is CC(=O)C1=CCN([S@@](=O)C(C)(C)C)[C@H]1CCc1ccccc1. The number of rotatable bonds is 5. The van der Waals surface area contributed by atoms with Crippen LogP contribution in [0.4, 0.5) is 0 Å². The molecule has 22 heavy (non-hydrogen) atoms. The molecule has 0 N–H and O–H groups in total. The van der Waals surface area contributed by atoms with E-state index in [1.807, 2.05) is 49.4 Å². The first-order valence-corrected chi connectivity index (χ1v) is 8.85. The lowest BCUT2D eigenvalue weighted by atomic mass is 9.99. The molecule has 0 saturated carbocycles. The van der Waals surface area contributed by atoms with E-state index in [2.05, 4.69) is 12.1 Å². The summed E-state index contributed by atoms with van der Waals surface area (Å²) in [5, 5.41) is 0. The van der Waals surface area contributed by atoms with Crippen LogP contribution in [0.1, 0.15) is 39.7 Å². The van der Waals surface area contributed by atoms with Crippen molar-refractivity contribution < 1.29 is 9.00 Å². The van der Waals surface area contributed by atoms with Crippen molar-refractivity contribution in [2.75, 3.05) is 6.54 Å². The Hall–Kier alpha value is -1.26. The lowest BCUT2D eigenvalue weighted by Gasteiger charge is -2.31. The van der Waals surface area contributed by atoms with Crippen molar-refractivity contribution in [3.63, 3.8) is 0 Å². The molecular formula is C18H25NO2S. The monoisotopic (exact) mass is 319 g/mol. The Bertz CT molecular complexity index is 587. The lowest BCUT2D eigenvalue weighted by Crippen LogP contribution is -2.42. The van der Waals surface area contributed by atoms with Crippen LogP contribution in [-0.4, -0.2) is 31.6 Å². The molecule has 0 spiro atoms. The van der Waals surface area contributed by atoms with Crippen molar-refractivity contribution in [3.8, 4) is 0 Å². The summed E-state index contributed by atoms with van der Waals surface area (Å²) in [6.45, 7) is 8.12. The first-order valence-electron chi connectivity index (χ1n) is 7.74. The molecule has 1 aromatic rings. The van der Waals surface area contributed by atoms with Crippen molar-refractivity contribution in [2.45, 2.75) is 51.3 Å². The summed E-state index contributed by atoms with van der Waals surface area (Å²) in [6, 6.07) is 10.2. The zero-order valence-electron chi connectivity index (χ0n) is 13.8. The van der Waals surface area contributed by atoms with E-state index in [1.54, 1.807) is 6.92 Å². The normalized spacial score (nSPS) is 20.7. The van der Waals surface area contributed by atoms with Gasteiger partial charge in [-0.1, -0.05) is 36.4 Å². The van der Waals surface area contributed by atoms with Gasteiger partial charge in [0.05, 0.1) is 10.8 Å². The van der Waals surface area contributed by atoms with Gasteiger partial charge in [-0.3, -0.25) is 4.79 Å². The third-order valence-corrected chi connectivity index (χ3v) is 5.77. The van der Waals surface area contributed by atoms with Crippen molar-refractivity contribution in [1.29, 1.82) is 0 Å². The van der Waals surface area contributed by atoms with E-state index in [4.69, 9.17) is 0 Å². The highest BCUT2D eigenvalue weighted by molar-refractivity contribution is 7.84. The van der Waals surface area contributed by atoms with Gasteiger partial charge < -0.3 is 0 Å². The Morgan fingerprint density at radius 3 is 2.45 bits per heavy atom. The molecule has 1 aromatic carbocycles. The zero-order valence-corrected chi connectivity index (χ0v) is 14.7. The van der Waals surface area contributed by atoms with Gasteiger partial charge in [0.25, 0.3) is 0 Å². The van der Waals surface area contributed by atoms with Gasteiger partial charge in [0.15, 0.2) is 5.78 Å². The van der Waals surface area contributed by atoms with Crippen LogP contribution in [0.5, 0.6) is 0 Å². The number of nitrogens with zero attached hydrogens (tertiary/aromatic N) is 1. The highest BCUT2D eigenvalue weighted by Gasteiger charge is 2.37. The molecule has 0 radical (unpaired) electrons. The van der Waals surface area contributed by atoms with Crippen molar-refractivity contribution in [1.82, 2.24) is 4.31 Å². The van der Waals surface area contributed by atoms with Crippen LogP contribution >= 0.6 is 0 Å². The maximum absolute atomic E-state index is 12.7. The van der Waals surface area contributed by atoms with Crippen LogP contribution < -0.4 is 0 Å². The fourth-order valence-electron chi connectivity index (χ4n) is 2.77. The third-order valence-electron chi connectivity index (χ3n) is 3.89. The second kappa shape index (κ2) is 6.88. The summed E-state index contributed by atoms with van der Waals surface area (Å²) in [5.41, 5.74) is 2.06. The van der Waals surface area contributed by atoms with Gasteiger partial charge in [0, 0.05) is 12.1 Å². The topological polar surface area (TPSA) is 37.4 Å². The average molecular weight is 319 g/mol. The lowest BCUT2D eigenvalue weighted by molar-refractivity contribution is -0.113. The summed E-state index contributed by atoms with van der Waals surface area (Å²) < 4.78 is 14.4. The maximum Gasteiger partial charge on any atom is 0.157 e. The molecular weight excluding hydrogens is 294 g/mol. The number of hydrogen-bond donors (Lipinski definition) is 0. The summed E-state index contributed by atoms with van der Waals surface area (Å²) in [6.07, 6.45) is 3.65. The van der Waals surface area contributed by atoms with Crippen LogP contribution in [-0.2, 0) is 22.2 Å². The number of carbonyl (C=O) groups excluding carboxylic acids is 1.